The molecule has 0 saturated carbocycles. The molecule has 0 bridgehead atoms. The first-order chi connectivity index (χ1) is 14.0. The third kappa shape index (κ3) is 5.55. The largest absolute Gasteiger partial charge is 0.481 e. The van der Waals surface area contributed by atoms with Crippen LogP contribution in [0.3, 0.4) is 0 Å². The number of rotatable bonds is 9. The first kappa shape index (κ1) is 20.3. The van der Waals surface area contributed by atoms with Gasteiger partial charge in [-0.25, -0.2) is 0 Å². The van der Waals surface area contributed by atoms with Gasteiger partial charge in [0.05, 0.1) is 18.4 Å². The van der Waals surface area contributed by atoms with E-state index in [2.05, 4.69) is 10.6 Å². The lowest BCUT2D eigenvalue weighted by molar-refractivity contribution is -0.137. The van der Waals surface area contributed by atoms with Gasteiger partial charge in [0.15, 0.2) is 0 Å². The molecule has 2 aromatic heterocycles. The van der Waals surface area contributed by atoms with Crippen molar-refractivity contribution in [3.63, 3.8) is 0 Å². The van der Waals surface area contributed by atoms with Crippen LogP contribution in [0.25, 0.3) is 11.1 Å². The average Bonchev–Trinajstić information content (AvgIpc) is 3.36. The minimum absolute atomic E-state index is 0.0678. The molecule has 0 atom stereocenters. The van der Waals surface area contributed by atoms with Crippen LogP contribution in [0.4, 0.5) is 5.00 Å². The first-order valence-electron chi connectivity index (χ1n) is 9.03. The van der Waals surface area contributed by atoms with Gasteiger partial charge in [0.2, 0.25) is 5.91 Å². The minimum atomic E-state index is -0.946. The second-order valence-electron chi connectivity index (χ2n) is 6.28. The van der Waals surface area contributed by atoms with Crippen LogP contribution in [-0.2, 0) is 16.1 Å². The minimum Gasteiger partial charge on any atom is -0.481 e. The van der Waals surface area contributed by atoms with Gasteiger partial charge in [-0.1, -0.05) is 30.3 Å². The van der Waals surface area contributed by atoms with E-state index >= 15 is 0 Å². The maximum Gasteiger partial charge on any atom is 0.303 e. The van der Waals surface area contributed by atoms with E-state index in [9.17, 15) is 14.4 Å². The van der Waals surface area contributed by atoms with Crippen LogP contribution < -0.4 is 10.6 Å². The molecule has 0 spiro atoms. The number of thiophene rings is 1. The zero-order chi connectivity index (χ0) is 20.6. The highest BCUT2D eigenvalue weighted by Gasteiger charge is 2.21. The third-order valence-electron chi connectivity index (χ3n) is 4.15. The van der Waals surface area contributed by atoms with Crippen molar-refractivity contribution in [1.82, 2.24) is 5.32 Å². The Morgan fingerprint density at radius 1 is 1.03 bits per heavy atom. The lowest BCUT2D eigenvalue weighted by atomic mass is 10.0. The predicted octanol–water partition coefficient (Wildman–Crippen LogP) is 4.13. The fraction of sp³-hybridized carbons (Fsp3) is 0.190. The quantitative estimate of drug-likeness (QED) is 0.490. The number of carboxylic acid groups (broad SMARTS) is 1. The van der Waals surface area contributed by atoms with E-state index in [1.807, 2.05) is 35.7 Å². The molecule has 1 aromatic carbocycles. The van der Waals surface area contributed by atoms with E-state index < -0.39 is 5.97 Å². The normalized spacial score (nSPS) is 10.5. The molecule has 150 valence electrons. The van der Waals surface area contributed by atoms with Gasteiger partial charge in [0.25, 0.3) is 5.91 Å². The number of hydrogen-bond acceptors (Lipinski definition) is 5. The van der Waals surface area contributed by atoms with Crippen molar-refractivity contribution < 1.29 is 23.9 Å². The summed E-state index contributed by atoms with van der Waals surface area (Å²) in [6.45, 7) is 0.224. The fourth-order valence-corrected chi connectivity index (χ4v) is 3.75. The van der Waals surface area contributed by atoms with Gasteiger partial charge in [-0.15, -0.1) is 11.3 Å². The number of carbonyl (C=O) groups excluding carboxylic acids is 2. The van der Waals surface area contributed by atoms with Crippen LogP contribution in [0.15, 0.2) is 58.5 Å². The molecule has 3 N–H and O–H groups in total. The van der Waals surface area contributed by atoms with E-state index in [4.69, 9.17) is 9.52 Å². The number of benzene rings is 1. The highest BCUT2D eigenvalue weighted by molar-refractivity contribution is 7.15. The second kappa shape index (κ2) is 9.70. The Morgan fingerprint density at radius 3 is 2.52 bits per heavy atom. The van der Waals surface area contributed by atoms with E-state index in [-0.39, 0.29) is 37.6 Å². The Morgan fingerprint density at radius 2 is 1.83 bits per heavy atom. The molecule has 0 aliphatic heterocycles. The number of anilines is 1. The Kier molecular flexibility index (Phi) is 6.80. The predicted molar refractivity (Wildman–Crippen MR) is 110 cm³/mol. The van der Waals surface area contributed by atoms with Gasteiger partial charge in [0.1, 0.15) is 10.8 Å². The number of nitrogens with one attached hydrogen (secondary N) is 2. The van der Waals surface area contributed by atoms with Gasteiger partial charge in [0, 0.05) is 23.8 Å². The number of carboxylic acids is 1. The Balaban J connectivity index is 1.80. The summed E-state index contributed by atoms with van der Waals surface area (Å²) in [5.74, 6) is -0.984. The van der Waals surface area contributed by atoms with Gasteiger partial charge < -0.3 is 20.2 Å². The lowest BCUT2D eigenvalue weighted by Gasteiger charge is -2.10. The molecule has 3 aromatic rings. The molecule has 0 unspecified atom stereocenters. The summed E-state index contributed by atoms with van der Waals surface area (Å²) in [6.07, 6.45) is 1.75. The Hall–Kier alpha value is -3.39. The zero-order valence-corrected chi connectivity index (χ0v) is 16.3. The van der Waals surface area contributed by atoms with Crippen LogP contribution in [0.5, 0.6) is 0 Å². The summed E-state index contributed by atoms with van der Waals surface area (Å²) in [6, 6.07) is 12.9. The molecular formula is C21H20N2O5S. The highest BCUT2D eigenvalue weighted by Crippen LogP contribution is 2.35. The summed E-state index contributed by atoms with van der Waals surface area (Å²) in [5.41, 5.74) is 1.95. The van der Waals surface area contributed by atoms with E-state index in [1.54, 1.807) is 12.1 Å². The standard InChI is InChI=1S/C21H20N2O5S/c24-17(9-4-10-18(25)26)23-21-19(20(27)22-12-15-8-5-11-28-15)16(13-29-21)14-6-2-1-3-7-14/h1-3,5-8,11,13H,4,9-10,12H2,(H,22,27)(H,23,24)(H,25,26). The smallest absolute Gasteiger partial charge is 0.303 e. The monoisotopic (exact) mass is 412 g/mol. The van der Waals surface area contributed by atoms with Crippen molar-refractivity contribution in [2.24, 2.45) is 0 Å². The molecule has 2 heterocycles. The maximum absolute atomic E-state index is 12.9. The number of aliphatic carboxylic acids is 1. The molecule has 0 radical (unpaired) electrons. The molecule has 0 fully saturated rings. The molecule has 2 amide bonds. The van der Waals surface area contributed by atoms with Crippen LogP contribution in [-0.4, -0.2) is 22.9 Å². The molecule has 8 heteroatoms. The van der Waals surface area contributed by atoms with E-state index in [1.165, 1.54) is 17.6 Å². The number of carbonyl (C=O) groups is 3. The third-order valence-corrected chi connectivity index (χ3v) is 5.05. The zero-order valence-electron chi connectivity index (χ0n) is 15.5. The van der Waals surface area contributed by atoms with Crippen molar-refractivity contribution in [2.75, 3.05) is 5.32 Å². The molecule has 7 nitrogen and oxygen atoms in total. The first-order valence-corrected chi connectivity index (χ1v) is 9.91. The summed E-state index contributed by atoms with van der Waals surface area (Å²) in [4.78, 5) is 35.8. The highest BCUT2D eigenvalue weighted by atomic mass is 32.1. The molecule has 3 rings (SSSR count). The second-order valence-corrected chi connectivity index (χ2v) is 7.16. The van der Waals surface area contributed by atoms with Crippen LogP contribution in [0.1, 0.15) is 35.4 Å². The number of furan rings is 1. The van der Waals surface area contributed by atoms with Crippen molar-refractivity contribution in [2.45, 2.75) is 25.8 Å². The van der Waals surface area contributed by atoms with Crippen LogP contribution >= 0.6 is 11.3 Å². The topological polar surface area (TPSA) is 109 Å². The molecule has 0 aliphatic carbocycles. The lowest BCUT2D eigenvalue weighted by Crippen LogP contribution is -2.24. The van der Waals surface area contributed by atoms with Gasteiger partial charge >= 0.3 is 5.97 Å². The number of hydrogen-bond donors (Lipinski definition) is 3. The van der Waals surface area contributed by atoms with Gasteiger partial charge in [-0.05, 0) is 24.1 Å². The van der Waals surface area contributed by atoms with Gasteiger partial charge in [-0.2, -0.15) is 0 Å². The molecular weight excluding hydrogens is 392 g/mol. The fourth-order valence-electron chi connectivity index (χ4n) is 2.76. The van der Waals surface area contributed by atoms with E-state index in [0.717, 1.165) is 5.56 Å². The summed E-state index contributed by atoms with van der Waals surface area (Å²) in [5, 5.41) is 16.5. The SMILES string of the molecule is O=C(O)CCCC(=O)Nc1scc(-c2ccccc2)c1C(=O)NCc1ccco1. The van der Waals surface area contributed by atoms with Crippen molar-refractivity contribution in [3.8, 4) is 11.1 Å². The van der Waals surface area contributed by atoms with Crippen LogP contribution in [0, 0.1) is 0 Å². The number of amides is 2. The van der Waals surface area contributed by atoms with Crippen LogP contribution in [0.2, 0.25) is 0 Å². The Bertz CT molecular complexity index is 980. The van der Waals surface area contributed by atoms with Crippen molar-refractivity contribution in [3.05, 3.63) is 65.4 Å². The summed E-state index contributed by atoms with van der Waals surface area (Å²) < 4.78 is 5.24. The molecule has 29 heavy (non-hydrogen) atoms. The summed E-state index contributed by atoms with van der Waals surface area (Å²) in [7, 11) is 0. The molecule has 0 saturated heterocycles. The van der Waals surface area contributed by atoms with E-state index in [0.29, 0.717) is 21.9 Å². The van der Waals surface area contributed by atoms with Crippen molar-refractivity contribution in [1.29, 1.82) is 0 Å². The Labute approximate surface area is 171 Å². The average molecular weight is 412 g/mol. The van der Waals surface area contributed by atoms with Crippen molar-refractivity contribution >= 4 is 34.1 Å². The molecule has 0 aliphatic rings. The van der Waals surface area contributed by atoms with Gasteiger partial charge in [-0.3, -0.25) is 14.4 Å². The maximum atomic E-state index is 12.9. The summed E-state index contributed by atoms with van der Waals surface area (Å²) >= 11 is 1.26.